The van der Waals surface area contributed by atoms with Gasteiger partial charge in [0.25, 0.3) is 0 Å². The van der Waals surface area contributed by atoms with E-state index >= 15 is 0 Å². The Morgan fingerprint density at radius 1 is 1.14 bits per heavy atom. The van der Waals surface area contributed by atoms with Crippen molar-refractivity contribution in [3.63, 3.8) is 0 Å². The van der Waals surface area contributed by atoms with Crippen LogP contribution in [0.15, 0.2) is 0 Å². The van der Waals surface area contributed by atoms with Gasteiger partial charge in [-0.05, 0) is 0 Å². The molecule has 0 unspecified atom stereocenters. The van der Waals surface area contributed by atoms with Crippen LogP contribution in [0, 0.1) is 0 Å². The van der Waals surface area contributed by atoms with Crippen LogP contribution in [-0.4, -0.2) is 90.2 Å². The number of rotatable bonds is 0. The molecule has 0 aromatic rings. The monoisotopic (exact) mass is 183 g/mol. The van der Waals surface area contributed by atoms with Crippen molar-refractivity contribution in [2.75, 3.05) is 0 Å². The van der Waals surface area contributed by atoms with Gasteiger partial charge in [0.1, 0.15) is 0 Å². The first kappa shape index (κ1) is 16.3. The SMILES string of the molecule is O=P(O)(O)O.[CaH2].[CaH2].[H+]. The van der Waals surface area contributed by atoms with Crippen LogP contribution in [0.4, 0.5) is 0 Å². The summed E-state index contributed by atoms with van der Waals surface area (Å²) in [5.41, 5.74) is 0. The summed E-state index contributed by atoms with van der Waals surface area (Å²) < 4.78 is 8.88. The molecule has 0 aliphatic carbocycles. The van der Waals surface area contributed by atoms with Gasteiger partial charge in [-0.3, -0.25) is 0 Å². The molecule has 4 nitrogen and oxygen atoms in total. The maximum absolute atomic E-state index is 8.88. The predicted octanol–water partition coefficient (Wildman–Crippen LogP) is -2.65. The van der Waals surface area contributed by atoms with Crippen molar-refractivity contribution < 1.29 is 20.7 Å². The van der Waals surface area contributed by atoms with Crippen LogP contribution in [0.25, 0.3) is 0 Å². The van der Waals surface area contributed by atoms with Crippen LogP contribution >= 0.6 is 7.82 Å². The third-order valence-electron chi connectivity index (χ3n) is 0. The van der Waals surface area contributed by atoms with E-state index in [0.717, 1.165) is 0 Å². The summed E-state index contributed by atoms with van der Waals surface area (Å²) in [6.45, 7) is 0. The molecule has 7 heavy (non-hydrogen) atoms. The molecule has 0 saturated carbocycles. The second-order valence-electron chi connectivity index (χ2n) is 0.513. The molecule has 0 aliphatic rings. The summed E-state index contributed by atoms with van der Waals surface area (Å²) >= 11 is 0. The summed E-state index contributed by atoms with van der Waals surface area (Å²) in [4.78, 5) is 21.6. The maximum Gasteiger partial charge on any atom is 1.00 e. The standard InChI is InChI=1S/2Ca.H3O4P.4H/c;;1-5(2,3)4;;;;/h;;(H3,1,2,3,4);;;;/p+1. The molecule has 0 fully saturated rings. The molecule has 0 atom stereocenters. The summed E-state index contributed by atoms with van der Waals surface area (Å²) in [7, 11) is -4.64. The Morgan fingerprint density at radius 2 is 1.14 bits per heavy atom. The third-order valence-corrected chi connectivity index (χ3v) is 0. The topological polar surface area (TPSA) is 77.8 Å². The molecule has 0 heterocycles. The zero-order valence-electron chi connectivity index (χ0n) is 3.20. The Balaban J connectivity index is -0.0000000267. The first-order valence-electron chi connectivity index (χ1n) is 0.783. The third kappa shape index (κ3) is 54.9. The van der Waals surface area contributed by atoms with E-state index < -0.39 is 7.82 Å². The van der Waals surface area contributed by atoms with Gasteiger partial charge in [0.05, 0.1) is 0 Å². The van der Waals surface area contributed by atoms with Crippen molar-refractivity contribution in [2.24, 2.45) is 0 Å². The minimum Gasteiger partial charge on any atom is 1.00 e. The molecule has 0 saturated heterocycles. The second kappa shape index (κ2) is 6.75. The van der Waals surface area contributed by atoms with Gasteiger partial charge in [-0.15, -0.1) is 0 Å². The van der Waals surface area contributed by atoms with Gasteiger partial charge < -0.3 is 14.7 Å². The van der Waals surface area contributed by atoms with E-state index in [4.69, 9.17) is 19.2 Å². The number of phosphoric acid groups is 1. The van der Waals surface area contributed by atoms with E-state index in [-0.39, 0.29) is 76.9 Å². The van der Waals surface area contributed by atoms with Crippen molar-refractivity contribution in [1.29, 1.82) is 0 Å². The first-order chi connectivity index (χ1) is 2.00. The molecule has 0 rings (SSSR count). The number of hydrogen-bond acceptors (Lipinski definition) is 1. The zero-order valence-corrected chi connectivity index (χ0v) is 3.09. The summed E-state index contributed by atoms with van der Waals surface area (Å²) in [6, 6.07) is 0. The Hall–Kier alpha value is 2.63. The Bertz CT molecular complexity index is 60.2. The normalized spacial score (nSPS) is 8.43. The molecule has 0 radical (unpaired) electrons. The zero-order chi connectivity index (χ0) is 4.50. The average Bonchev–Trinajstić information content (AvgIpc) is 0.722. The molecule has 0 spiro atoms. The van der Waals surface area contributed by atoms with Crippen molar-refractivity contribution in [3.8, 4) is 0 Å². The fourth-order valence-corrected chi connectivity index (χ4v) is 0. The van der Waals surface area contributed by atoms with E-state index in [9.17, 15) is 0 Å². The van der Waals surface area contributed by atoms with Gasteiger partial charge in [0.2, 0.25) is 0 Å². The fourth-order valence-electron chi connectivity index (χ4n) is 0. The molecule has 7 heteroatoms. The average molecular weight is 183 g/mol. The van der Waals surface area contributed by atoms with Gasteiger partial charge in [-0.25, -0.2) is 4.57 Å². The van der Waals surface area contributed by atoms with E-state index in [1.54, 1.807) is 0 Å². The Labute approximate surface area is 102 Å². The van der Waals surface area contributed by atoms with Crippen molar-refractivity contribution in [1.82, 2.24) is 0 Å². The van der Waals surface area contributed by atoms with Crippen LogP contribution < -0.4 is 0 Å². The summed E-state index contributed by atoms with van der Waals surface area (Å²) in [6.07, 6.45) is 0. The predicted molar refractivity (Wildman–Crippen MR) is 32.5 cm³/mol. The largest absolute Gasteiger partial charge is 1.00 e. The maximum atomic E-state index is 8.88. The van der Waals surface area contributed by atoms with Crippen LogP contribution in [0.2, 0.25) is 0 Å². The van der Waals surface area contributed by atoms with Crippen molar-refractivity contribution in [2.45, 2.75) is 0 Å². The van der Waals surface area contributed by atoms with Gasteiger partial charge in [0, 0.05) is 0 Å². The molecular weight excluding hydrogens is 175 g/mol. The van der Waals surface area contributed by atoms with Gasteiger partial charge in [-0.2, -0.15) is 0 Å². The molecule has 0 aromatic carbocycles. The molecule has 0 aliphatic heterocycles. The van der Waals surface area contributed by atoms with Gasteiger partial charge in [0.15, 0.2) is 0 Å². The molecule has 0 aromatic heterocycles. The quantitative estimate of drug-likeness (QED) is 0.283. The fraction of sp³-hybridized carbons (Fsp3) is 0. The second-order valence-corrected chi connectivity index (χ2v) is 1.54. The minimum atomic E-state index is -4.64. The van der Waals surface area contributed by atoms with Gasteiger partial charge in [-0.1, -0.05) is 0 Å². The first-order valence-corrected chi connectivity index (χ1v) is 2.35. The van der Waals surface area contributed by atoms with E-state index in [2.05, 4.69) is 0 Å². The van der Waals surface area contributed by atoms with Gasteiger partial charge >= 0.3 is 84.7 Å². The Kier molecular flexibility index (Phi) is 15.7. The van der Waals surface area contributed by atoms with Crippen LogP contribution in [-0.2, 0) is 4.57 Å². The molecular formula is H8Ca2O4P+. The van der Waals surface area contributed by atoms with Crippen molar-refractivity contribution >= 4 is 83.3 Å². The van der Waals surface area contributed by atoms with E-state index in [1.165, 1.54) is 0 Å². The van der Waals surface area contributed by atoms with Crippen LogP contribution in [0.5, 0.6) is 0 Å². The summed E-state index contributed by atoms with van der Waals surface area (Å²) in [5.74, 6) is 0. The van der Waals surface area contributed by atoms with Crippen LogP contribution in [0.3, 0.4) is 0 Å². The van der Waals surface area contributed by atoms with E-state index in [0.29, 0.717) is 0 Å². The molecule has 0 bridgehead atoms. The summed E-state index contributed by atoms with van der Waals surface area (Å²) in [5, 5.41) is 0. The molecule has 40 valence electrons. The van der Waals surface area contributed by atoms with E-state index in [1.807, 2.05) is 0 Å². The molecule has 0 amide bonds. The number of hydrogen-bond donors (Lipinski definition) is 3. The van der Waals surface area contributed by atoms with Crippen LogP contribution in [0.1, 0.15) is 1.43 Å². The molecule has 3 N–H and O–H groups in total. The van der Waals surface area contributed by atoms with Crippen molar-refractivity contribution in [3.05, 3.63) is 0 Å². The minimum absolute atomic E-state index is 0. The smallest absolute Gasteiger partial charge is 1.00 e. The Morgan fingerprint density at radius 3 is 1.14 bits per heavy atom.